The van der Waals surface area contributed by atoms with Crippen LogP contribution in [-0.2, 0) is 0 Å². The number of fused-ring (bicyclic) bond motifs is 1. The van der Waals surface area contributed by atoms with Crippen molar-refractivity contribution in [3.63, 3.8) is 0 Å². The summed E-state index contributed by atoms with van der Waals surface area (Å²) >= 11 is 5.96. The second-order valence-electron chi connectivity index (χ2n) is 5.03. The Bertz CT molecular complexity index is 487. The molecular formula is C14H17ClN2O. The lowest BCUT2D eigenvalue weighted by atomic mass is 9.81. The molecule has 96 valence electrons. The lowest BCUT2D eigenvalue weighted by molar-refractivity contribution is 0.412. The molecule has 1 fully saturated rings. The molecule has 2 heterocycles. The topological polar surface area (TPSA) is 34.1 Å². The zero-order valence-corrected chi connectivity index (χ0v) is 11.2. The maximum Gasteiger partial charge on any atom is 0.171 e. The summed E-state index contributed by atoms with van der Waals surface area (Å²) in [5.41, 5.74) is 2.52. The van der Waals surface area contributed by atoms with E-state index < -0.39 is 0 Å². The normalized spacial score (nSPS) is 26.7. The van der Waals surface area contributed by atoms with Crippen molar-refractivity contribution in [2.45, 2.75) is 12.8 Å². The van der Waals surface area contributed by atoms with E-state index in [4.69, 9.17) is 16.3 Å². The zero-order valence-electron chi connectivity index (χ0n) is 10.4. The average molecular weight is 265 g/mol. The van der Waals surface area contributed by atoms with Gasteiger partial charge in [0.2, 0.25) is 0 Å². The number of nitrogens with one attached hydrogen (secondary N) is 1. The van der Waals surface area contributed by atoms with E-state index in [1.54, 1.807) is 7.11 Å². The summed E-state index contributed by atoms with van der Waals surface area (Å²) in [5, 5.41) is 3.89. The Morgan fingerprint density at radius 3 is 3.17 bits per heavy atom. The third-order valence-corrected chi connectivity index (χ3v) is 4.27. The number of aromatic nitrogens is 1. The van der Waals surface area contributed by atoms with E-state index in [1.807, 2.05) is 12.3 Å². The van der Waals surface area contributed by atoms with Crippen molar-refractivity contribution in [2.24, 2.45) is 11.8 Å². The van der Waals surface area contributed by atoms with Crippen molar-refractivity contribution in [3.8, 4) is 5.75 Å². The van der Waals surface area contributed by atoms with Crippen LogP contribution in [0.2, 0.25) is 5.15 Å². The fourth-order valence-corrected chi connectivity index (χ4v) is 3.11. The highest BCUT2D eigenvalue weighted by atomic mass is 35.5. The van der Waals surface area contributed by atoms with Crippen molar-refractivity contribution in [2.75, 3.05) is 20.2 Å². The van der Waals surface area contributed by atoms with Crippen molar-refractivity contribution < 1.29 is 4.74 Å². The van der Waals surface area contributed by atoms with Crippen LogP contribution in [-0.4, -0.2) is 25.2 Å². The predicted octanol–water partition coefficient (Wildman–Crippen LogP) is 2.76. The van der Waals surface area contributed by atoms with E-state index in [2.05, 4.69) is 16.4 Å². The molecule has 4 heteroatoms. The number of allylic oxidation sites excluding steroid dienone is 1. The molecule has 0 radical (unpaired) electrons. The molecule has 0 amide bonds. The van der Waals surface area contributed by atoms with Gasteiger partial charge in [0.1, 0.15) is 0 Å². The van der Waals surface area contributed by atoms with Gasteiger partial charge in [-0.25, -0.2) is 4.98 Å². The Morgan fingerprint density at radius 1 is 1.44 bits per heavy atom. The highest BCUT2D eigenvalue weighted by Crippen LogP contribution is 2.37. The Balaban J connectivity index is 1.90. The smallest absolute Gasteiger partial charge is 0.171 e. The van der Waals surface area contributed by atoms with Gasteiger partial charge in [0, 0.05) is 12.7 Å². The minimum absolute atomic E-state index is 0.429. The molecule has 3 rings (SSSR count). The first-order chi connectivity index (χ1) is 8.78. The van der Waals surface area contributed by atoms with Crippen LogP contribution in [0.3, 0.4) is 0 Å². The number of halogens is 1. The van der Waals surface area contributed by atoms with Crippen LogP contribution >= 0.6 is 11.6 Å². The quantitative estimate of drug-likeness (QED) is 0.834. The summed E-state index contributed by atoms with van der Waals surface area (Å²) in [5.74, 6) is 2.15. The first-order valence-electron chi connectivity index (χ1n) is 6.39. The van der Waals surface area contributed by atoms with Crippen LogP contribution in [0.15, 0.2) is 18.3 Å². The molecule has 0 saturated carbocycles. The van der Waals surface area contributed by atoms with Crippen LogP contribution in [0, 0.1) is 11.8 Å². The van der Waals surface area contributed by atoms with E-state index in [1.165, 1.54) is 12.0 Å². The Labute approximate surface area is 112 Å². The lowest BCUT2D eigenvalue weighted by Crippen LogP contribution is -2.15. The van der Waals surface area contributed by atoms with Gasteiger partial charge in [0.25, 0.3) is 0 Å². The third kappa shape index (κ3) is 2.13. The Hall–Kier alpha value is -1.06. The predicted molar refractivity (Wildman–Crippen MR) is 72.9 cm³/mol. The molecule has 1 aliphatic heterocycles. The highest BCUT2D eigenvalue weighted by molar-refractivity contribution is 6.30. The summed E-state index contributed by atoms with van der Waals surface area (Å²) in [7, 11) is 1.62. The molecule has 1 N–H and O–H groups in total. The average Bonchev–Trinajstić information content (AvgIpc) is 2.86. The standard InChI is InChI=1S/C14H17ClN2O/c1-18-13-5-12(8-17-14(13)15)9-2-3-10-6-16-7-11(10)4-9/h4-5,8,10-11,16H,2-3,6-7H2,1H3/t10-,11+/m0/s1. The summed E-state index contributed by atoms with van der Waals surface area (Å²) in [4.78, 5) is 4.19. The lowest BCUT2D eigenvalue weighted by Gasteiger charge is -2.23. The zero-order chi connectivity index (χ0) is 12.5. The van der Waals surface area contributed by atoms with Crippen LogP contribution in [0.4, 0.5) is 0 Å². The second kappa shape index (κ2) is 4.90. The van der Waals surface area contributed by atoms with Gasteiger partial charge in [0.05, 0.1) is 7.11 Å². The van der Waals surface area contributed by atoms with Crippen molar-refractivity contribution >= 4 is 17.2 Å². The number of nitrogens with zero attached hydrogens (tertiary/aromatic N) is 1. The summed E-state index contributed by atoms with van der Waals surface area (Å²) in [6, 6.07) is 1.99. The molecule has 1 aromatic rings. The fourth-order valence-electron chi connectivity index (χ4n) is 2.93. The first kappa shape index (κ1) is 12.0. The van der Waals surface area contributed by atoms with Crippen molar-refractivity contribution in [1.29, 1.82) is 0 Å². The number of ether oxygens (including phenoxy) is 1. The number of hydrogen-bond donors (Lipinski definition) is 1. The van der Waals surface area contributed by atoms with Crippen LogP contribution in [0.25, 0.3) is 5.57 Å². The van der Waals surface area contributed by atoms with E-state index in [9.17, 15) is 0 Å². The maximum absolute atomic E-state index is 5.96. The summed E-state index contributed by atoms with van der Waals surface area (Å²) in [6.07, 6.45) is 6.63. The van der Waals surface area contributed by atoms with Crippen molar-refractivity contribution in [1.82, 2.24) is 10.3 Å². The molecule has 18 heavy (non-hydrogen) atoms. The molecule has 1 aromatic heterocycles. The molecule has 0 unspecified atom stereocenters. The van der Waals surface area contributed by atoms with E-state index >= 15 is 0 Å². The largest absolute Gasteiger partial charge is 0.494 e. The van der Waals surface area contributed by atoms with Gasteiger partial charge in [-0.05, 0) is 48.4 Å². The Kier molecular flexibility index (Phi) is 3.27. The first-order valence-corrected chi connectivity index (χ1v) is 6.77. The molecule has 1 aliphatic carbocycles. The Morgan fingerprint density at radius 2 is 2.33 bits per heavy atom. The minimum Gasteiger partial charge on any atom is -0.494 e. The number of rotatable bonds is 2. The van der Waals surface area contributed by atoms with Gasteiger partial charge in [-0.3, -0.25) is 0 Å². The minimum atomic E-state index is 0.429. The number of pyridine rings is 1. The van der Waals surface area contributed by atoms with Gasteiger partial charge in [-0.2, -0.15) is 0 Å². The molecule has 1 saturated heterocycles. The molecule has 2 aliphatic rings. The van der Waals surface area contributed by atoms with Crippen molar-refractivity contribution in [3.05, 3.63) is 29.1 Å². The van der Waals surface area contributed by atoms with Gasteiger partial charge in [0.15, 0.2) is 10.9 Å². The molecule has 0 spiro atoms. The number of hydrogen-bond acceptors (Lipinski definition) is 3. The molecule has 0 bridgehead atoms. The number of methoxy groups -OCH3 is 1. The van der Waals surface area contributed by atoms with Gasteiger partial charge in [-0.15, -0.1) is 0 Å². The van der Waals surface area contributed by atoms with Gasteiger partial charge >= 0.3 is 0 Å². The van der Waals surface area contributed by atoms with Crippen LogP contribution in [0.1, 0.15) is 18.4 Å². The fraction of sp³-hybridized carbons (Fsp3) is 0.500. The SMILES string of the molecule is COc1cc(C2=C[C@@H]3CNC[C@@H]3CC2)cnc1Cl. The van der Waals surface area contributed by atoms with Gasteiger partial charge < -0.3 is 10.1 Å². The summed E-state index contributed by atoms with van der Waals surface area (Å²) in [6.45, 7) is 2.27. The van der Waals surface area contributed by atoms with Crippen LogP contribution in [0.5, 0.6) is 5.75 Å². The maximum atomic E-state index is 5.96. The molecule has 2 atom stereocenters. The van der Waals surface area contributed by atoms with Gasteiger partial charge in [-0.1, -0.05) is 17.7 Å². The van der Waals surface area contributed by atoms with E-state index in [0.29, 0.717) is 16.8 Å². The second-order valence-corrected chi connectivity index (χ2v) is 5.39. The molecule has 0 aromatic carbocycles. The third-order valence-electron chi connectivity index (χ3n) is 3.99. The monoisotopic (exact) mass is 264 g/mol. The van der Waals surface area contributed by atoms with E-state index in [-0.39, 0.29) is 0 Å². The summed E-state index contributed by atoms with van der Waals surface area (Å²) < 4.78 is 5.23. The highest BCUT2D eigenvalue weighted by Gasteiger charge is 2.29. The molecule has 3 nitrogen and oxygen atoms in total. The molecular weight excluding hydrogens is 248 g/mol. The van der Waals surface area contributed by atoms with E-state index in [0.717, 1.165) is 31.0 Å². The van der Waals surface area contributed by atoms with Crippen LogP contribution < -0.4 is 10.1 Å².